The zero-order valence-corrected chi connectivity index (χ0v) is 12.5. The number of rotatable bonds is 7. The molecule has 108 valence electrons. The molecule has 0 bridgehead atoms. The molecule has 4 nitrogen and oxygen atoms in total. The van der Waals surface area contributed by atoms with Crippen LogP contribution in [0.2, 0.25) is 0 Å². The highest BCUT2D eigenvalue weighted by Crippen LogP contribution is 2.28. The topological polar surface area (TPSA) is 53.7 Å². The summed E-state index contributed by atoms with van der Waals surface area (Å²) in [6, 6.07) is 3.74. The first-order valence-electron chi connectivity index (χ1n) is 6.69. The molecule has 0 aromatic heterocycles. The Balaban J connectivity index is 3.03. The lowest BCUT2D eigenvalue weighted by atomic mass is 9.98. The molecule has 4 heteroatoms. The number of aryl methyl sites for hydroxylation is 2. The highest BCUT2D eigenvalue weighted by Gasteiger charge is 2.22. The van der Waals surface area contributed by atoms with Gasteiger partial charge in [0, 0.05) is 13.2 Å². The van der Waals surface area contributed by atoms with Crippen LogP contribution in [-0.2, 0) is 9.47 Å². The number of hydrogen-bond donors (Lipinski definition) is 1. The zero-order valence-electron chi connectivity index (χ0n) is 12.5. The molecule has 0 amide bonds. The van der Waals surface area contributed by atoms with Gasteiger partial charge in [-0.2, -0.15) is 0 Å². The maximum atomic E-state index is 6.28. The summed E-state index contributed by atoms with van der Waals surface area (Å²) < 4.78 is 16.5. The fraction of sp³-hybridized carbons (Fsp3) is 0.600. The van der Waals surface area contributed by atoms with E-state index in [4.69, 9.17) is 19.9 Å². The molecule has 2 N–H and O–H groups in total. The van der Waals surface area contributed by atoms with E-state index in [1.807, 2.05) is 39.8 Å². The third-order valence-electron chi connectivity index (χ3n) is 3.10. The van der Waals surface area contributed by atoms with Crippen LogP contribution in [0.3, 0.4) is 0 Å². The standard InChI is InChI=1S/C15H25NO3/c1-6-18-15(19-7-2)14(16)12-8-11(4)13(17-5)9-10(12)3/h8-9,14-15H,6-7,16H2,1-5H3. The van der Waals surface area contributed by atoms with Crippen molar-refractivity contribution in [3.05, 3.63) is 28.8 Å². The van der Waals surface area contributed by atoms with Crippen molar-refractivity contribution in [2.75, 3.05) is 20.3 Å². The van der Waals surface area contributed by atoms with Crippen LogP contribution in [0.5, 0.6) is 5.75 Å². The molecule has 0 radical (unpaired) electrons. The molecular weight excluding hydrogens is 242 g/mol. The summed E-state index contributed by atoms with van der Waals surface area (Å²) in [5, 5.41) is 0. The average Bonchev–Trinajstić information content (AvgIpc) is 2.40. The molecule has 0 saturated heterocycles. The Bertz CT molecular complexity index is 401. The molecule has 0 aliphatic heterocycles. The van der Waals surface area contributed by atoms with Crippen LogP contribution >= 0.6 is 0 Å². The van der Waals surface area contributed by atoms with Crippen molar-refractivity contribution in [3.63, 3.8) is 0 Å². The number of methoxy groups -OCH3 is 1. The zero-order chi connectivity index (χ0) is 14.4. The molecule has 0 fully saturated rings. The lowest BCUT2D eigenvalue weighted by Crippen LogP contribution is -2.32. The third-order valence-corrected chi connectivity index (χ3v) is 3.10. The van der Waals surface area contributed by atoms with E-state index in [-0.39, 0.29) is 6.04 Å². The van der Waals surface area contributed by atoms with Gasteiger partial charge in [-0.1, -0.05) is 6.07 Å². The predicted molar refractivity (Wildman–Crippen MR) is 76.4 cm³/mol. The second-order valence-electron chi connectivity index (χ2n) is 4.48. The molecule has 0 aliphatic rings. The van der Waals surface area contributed by atoms with E-state index in [0.29, 0.717) is 13.2 Å². The van der Waals surface area contributed by atoms with Gasteiger partial charge in [-0.3, -0.25) is 0 Å². The Hall–Kier alpha value is -1.10. The van der Waals surface area contributed by atoms with Gasteiger partial charge in [0.1, 0.15) is 5.75 Å². The van der Waals surface area contributed by atoms with Crippen molar-refractivity contribution in [1.82, 2.24) is 0 Å². The average molecular weight is 267 g/mol. The van der Waals surface area contributed by atoms with Crippen molar-refractivity contribution in [3.8, 4) is 5.75 Å². The Morgan fingerprint density at radius 2 is 1.63 bits per heavy atom. The van der Waals surface area contributed by atoms with Gasteiger partial charge in [0.05, 0.1) is 13.2 Å². The van der Waals surface area contributed by atoms with E-state index in [0.717, 1.165) is 22.4 Å². The minimum Gasteiger partial charge on any atom is -0.496 e. The fourth-order valence-corrected chi connectivity index (χ4v) is 2.12. The van der Waals surface area contributed by atoms with Crippen LogP contribution in [0.15, 0.2) is 12.1 Å². The van der Waals surface area contributed by atoms with Gasteiger partial charge in [0.25, 0.3) is 0 Å². The number of ether oxygens (including phenoxy) is 3. The number of hydrogen-bond acceptors (Lipinski definition) is 4. The van der Waals surface area contributed by atoms with Crippen LogP contribution in [0.25, 0.3) is 0 Å². The third kappa shape index (κ3) is 3.93. The highest BCUT2D eigenvalue weighted by atomic mass is 16.7. The van der Waals surface area contributed by atoms with Gasteiger partial charge < -0.3 is 19.9 Å². The summed E-state index contributed by atoms with van der Waals surface area (Å²) >= 11 is 0. The summed E-state index contributed by atoms with van der Waals surface area (Å²) in [7, 11) is 1.67. The quantitative estimate of drug-likeness (QED) is 0.772. The van der Waals surface area contributed by atoms with Crippen molar-refractivity contribution in [2.24, 2.45) is 5.73 Å². The predicted octanol–water partition coefficient (Wildman–Crippen LogP) is 2.71. The van der Waals surface area contributed by atoms with E-state index >= 15 is 0 Å². The Kier molecular flexibility index (Phi) is 6.28. The lowest BCUT2D eigenvalue weighted by Gasteiger charge is -2.25. The lowest BCUT2D eigenvalue weighted by molar-refractivity contribution is -0.149. The molecule has 0 heterocycles. The number of benzene rings is 1. The summed E-state index contributed by atoms with van der Waals surface area (Å²) in [5.74, 6) is 0.873. The highest BCUT2D eigenvalue weighted by molar-refractivity contribution is 5.43. The van der Waals surface area contributed by atoms with E-state index in [1.165, 1.54) is 0 Å². The first-order valence-corrected chi connectivity index (χ1v) is 6.69. The second-order valence-corrected chi connectivity index (χ2v) is 4.48. The van der Waals surface area contributed by atoms with Crippen molar-refractivity contribution >= 4 is 0 Å². The second kappa shape index (κ2) is 7.48. The van der Waals surface area contributed by atoms with Gasteiger partial charge >= 0.3 is 0 Å². The van der Waals surface area contributed by atoms with Crippen LogP contribution in [0.1, 0.15) is 36.6 Å². The van der Waals surface area contributed by atoms with Gasteiger partial charge in [-0.15, -0.1) is 0 Å². The van der Waals surface area contributed by atoms with E-state index in [9.17, 15) is 0 Å². The smallest absolute Gasteiger partial charge is 0.176 e. The van der Waals surface area contributed by atoms with Crippen molar-refractivity contribution < 1.29 is 14.2 Å². The molecule has 1 aromatic carbocycles. The summed E-state index contributed by atoms with van der Waals surface area (Å²) in [4.78, 5) is 0. The first-order chi connectivity index (χ1) is 9.04. The minimum absolute atomic E-state index is 0.301. The monoisotopic (exact) mass is 267 g/mol. The summed E-state index contributed by atoms with van der Waals surface area (Å²) in [5.41, 5.74) is 9.46. The molecule has 1 atom stereocenters. The summed E-state index contributed by atoms with van der Waals surface area (Å²) in [6.45, 7) is 9.05. The summed E-state index contributed by atoms with van der Waals surface area (Å²) in [6.07, 6.45) is -0.415. The molecule has 1 rings (SSSR count). The van der Waals surface area contributed by atoms with Gasteiger partial charge in [-0.05, 0) is 50.5 Å². The van der Waals surface area contributed by atoms with Gasteiger partial charge in [0.2, 0.25) is 0 Å². The van der Waals surface area contributed by atoms with Crippen molar-refractivity contribution in [1.29, 1.82) is 0 Å². The van der Waals surface area contributed by atoms with Gasteiger partial charge in [0.15, 0.2) is 6.29 Å². The molecule has 1 unspecified atom stereocenters. The molecular formula is C15H25NO3. The first kappa shape index (κ1) is 16.0. The van der Waals surface area contributed by atoms with Crippen molar-refractivity contribution in [2.45, 2.75) is 40.0 Å². The molecule has 0 spiro atoms. The normalized spacial score (nSPS) is 12.8. The molecule has 19 heavy (non-hydrogen) atoms. The van der Waals surface area contributed by atoms with Crippen LogP contribution in [0.4, 0.5) is 0 Å². The maximum Gasteiger partial charge on any atom is 0.176 e. The Labute approximate surface area is 115 Å². The van der Waals surface area contributed by atoms with E-state index in [1.54, 1.807) is 7.11 Å². The van der Waals surface area contributed by atoms with Gasteiger partial charge in [-0.25, -0.2) is 0 Å². The molecule has 0 aliphatic carbocycles. The largest absolute Gasteiger partial charge is 0.496 e. The SMILES string of the molecule is CCOC(OCC)C(N)c1cc(C)c(OC)cc1C. The molecule has 1 aromatic rings. The van der Waals surface area contributed by atoms with E-state index in [2.05, 4.69) is 0 Å². The Morgan fingerprint density at radius 3 is 2.11 bits per heavy atom. The van der Waals surface area contributed by atoms with Crippen LogP contribution in [0, 0.1) is 13.8 Å². The fourth-order valence-electron chi connectivity index (χ4n) is 2.12. The van der Waals surface area contributed by atoms with Crippen LogP contribution in [-0.4, -0.2) is 26.6 Å². The molecule has 0 saturated carbocycles. The minimum atomic E-state index is -0.415. The number of nitrogens with two attached hydrogens (primary N) is 1. The maximum absolute atomic E-state index is 6.28. The van der Waals surface area contributed by atoms with Crippen LogP contribution < -0.4 is 10.5 Å². The van der Waals surface area contributed by atoms with E-state index < -0.39 is 6.29 Å². The Morgan fingerprint density at radius 1 is 1.05 bits per heavy atom.